The van der Waals surface area contributed by atoms with Gasteiger partial charge in [-0.25, -0.2) is 9.59 Å². The van der Waals surface area contributed by atoms with Gasteiger partial charge in [0.2, 0.25) is 0 Å². The number of ether oxygens (including phenoxy) is 2. The van der Waals surface area contributed by atoms with Gasteiger partial charge in [-0.1, -0.05) is 0 Å². The van der Waals surface area contributed by atoms with Crippen molar-refractivity contribution >= 4 is 12.1 Å². The molecule has 0 unspecified atom stereocenters. The predicted octanol–water partition coefficient (Wildman–Crippen LogP) is 2.92. The third kappa shape index (κ3) is 4.74. The number of esters is 1. The van der Waals surface area contributed by atoms with Crippen LogP contribution in [0.25, 0.3) is 0 Å². The van der Waals surface area contributed by atoms with E-state index in [1.54, 1.807) is 11.0 Å². The van der Waals surface area contributed by atoms with Gasteiger partial charge in [0, 0.05) is 25.8 Å². The lowest BCUT2D eigenvalue weighted by Gasteiger charge is -2.33. The van der Waals surface area contributed by atoms with Gasteiger partial charge in [-0.2, -0.15) is 0 Å². The molecular weight excluding hydrogens is 296 g/mol. The van der Waals surface area contributed by atoms with E-state index in [4.69, 9.17) is 9.47 Å². The number of hydrogen-bond acceptors (Lipinski definition) is 4. The van der Waals surface area contributed by atoms with Gasteiger partial charge in [-0.3, -0.25) is 0 Å². The normalized spacial score (nSPS) is 16.3. The maximum Gasteiger partial charge on any atom is 0.410 e. The molecule has 1 saturated heterocycles. The van der Waals surface area contributed by atoms with Crippen LogP contribution < -0.4 is 0 Å². The minimum absolute atomic E-state index is 0.243. The topological polar surface area (TPSA) is 60.8 Å². The molecule has 1 aliphatic rings. The molecule has 6 heteroatoms. The van der Waals surface area contributed by atoms with Crippen LogP contribution in [0.2, 0.25) is 0 Å². The molecule has 0 atom stereocenters. The van der Waals surface area contributed by atoms with E-state index >= 15 is 0 Å². The smallest absolute Gasteiger partial charge is 0.410 e. The zero-order valence-electron chi connectivity index (χ0n) is 14.4. The number of carbonyl (C=O) groups is 2. The molecule has 0 radical (unpaired) electrons. The van der Waals surface area contributed by atoms with Gasteiger partial charge < -0.3 is 18.9 Å². The number of nitrogens with zero attached hydrogens (tertiary/aromatic N) is 2. The highest BCUT2D eigenvalue weighted by atomic mass is 16.6. The summed E-state index contributed by atoms with van der Waals surface area (Å²) in [7, 11) is 1.39. The number of carbonyl (C=O) groups excluding carboxylic acids is 2. The first-order valence-corrected chi connectivity index (χ1v) is 8.01. The minimum Gasteiger partial charge on any atom is -0.464 e. The van der Waals surface area contributed by atoms with E-state index in [-0.39, 0.29) is 12.1 Å². The molecule has 0 aromatic carbocycles. The quantitative estimate of drug-likeness (QED) is 0.803. The molecule has 0 N–H and O–H groups in total. The highest BCUT2D eigenvalue weighted by Crippen LogP contribution is 2.22. The van der Waals surface area contributed by atoms with E-state index in [0.29, 0.717) is 24.7 Å². The van der Waals surface area contributed by atoms with E-state index in [0.717, 1.165) is 19.4 Å². The molecule has 1 aromatic heterocycles. The SMILES string of the molecule is COC(=O)c1cccn1CC1CCN(C(=O)OC(C)(C)C)CC1. The summed E-state index contributed by atoms with van der Waals surface area (Å²) in [6.07, 6.45) is 3.45. The zero-order chi connectivity index (χ0) is 17.0. The summed E-state index contributed by atoms with van der Waals surface area (Å²) in [5.41, 5.74) is 0.108. The largest absolute Gasteiger partial charge is 0.464 e. The Kier molecular flexibility index (Phi) is 5.34. The number of aromatic nitrogens is 1. The highest BCUT2D eigenvalue weighted by Gasteiger charge is 2.27. The van der Waals surface area contributed by atoms with Crippen molar-refractivity contribution in [2.24, 2.45) is 5.92 Å². The lowest BCUT2D eigenvalue weighted by Crippen LogP contribution is -2.42. The van der Waals surface area contributed by atoms with Crippen molar-refractivity contribution in [1.29, 1.82) is 0 Å². The Labute approximate surface area is 137 Å². The lowest BCUT2D eigenvalue weighted by atomic mass is 9.97. The number of hydrogen-bond donors (Lipinski definition) is 0. The second-order valence-electron chi connectivity index (χ2n) is 6.95. The molecule has 0 aliphatic carbocycles. The zero-order valence-corrected chi connectivity index (χ0v) is 14.4. The molecule has 0 spiro atoms. The Morgan fingerprint density at radius 3 is 2.48 bits per heavy atom. The summed E-state index contributed by atoms with van der Waals surface area (Å²) in [6.45, 7) is 7.76. The highest BCUT2D eigenvalue weighted by molar-refractivity contribution is 5.87. The molecule has 2 heterocycles. The maximum atomic E-state index is 12.1. The van der Waals surface area contributed by atoms with Crippen molar-refractivity contribution in [1.82, 2.24) is 9.47 Å². The fourth-order valence-electron chi connectivity index (χ4n) is 2.77. The van der Waals surface area contributed by atoms with Crippen molar-refractivity contribution in [3.8, 4) is 0 Å². The summed E-state index contributed by atoms with van der Waals surface area (Å²) in [5.74, 6) is 0.116. The third-order valence-electron chi connectivity index (χ3n) is 3.95. The lowest BCUT2D eigenvalue weighted by molar-refractivity contribution is 0.0178. The Hall–Kier alpha value is -1.98. The monoisotopic (exact) mass is 322 g/mol. The van der Waals surface area contributed by atoms with Crippen molar-refractivity contribution in [3.05, 3.63) is 24.0 Å². The van der Waals surface area contributed by atoms with Gasteiger partial charge in [-0.15, -0.1) is 0 Å². The second kappa shape index (κ2) is 7.06. The van der Waals surface area contributed by atoms with Crippen molar-refractivity contribution in [2.75, 3.05) is 20.2 Å². The molecular formula is C17H26N2O4. The van der Waals surface area contributed by atoms with E-state index < -0.39 is 5.60 Å². The first-order chi connectivity index (χ1) is 10.8. The molecule has 1 aliphatic heterocycles. The van der Waals surface area contributed by atoms with Crippen LogP contribution in [0.3, 0.4) is 0 Å². The number of methoxy groups -OCH3 is 1. The number of rotatable bonds is 3. The van der Waals surface area contributed by atoms with Crippen molar-refractivity contribution < 1.29 is 19.1 Å². The molecule has 6 nitrogen and oxygen atoms in total. The van der Waals surface area contributed by atoms with E-state index in [2.05, 4.69) is 0 Å². The van der Waals surface area contributed by atoms with E-state index in [9.17, 15) is 9.59 Å². The molecule has 23 heavy (non-hydrogen) atoms. The summed E-state index contributed by atoms with van der Waals surface area (Å²) in [4.78, 5) is 25.5. The van der Waals surface area contributed by atoms with Gasteiger partial charge in [0.15, 0.2) is 0 Å². The van der Waals surface area contributed by atoms with Gasteiger partial charge >= 0.3 is 12.1 Å². The van der Waals surface area contributed by atoms with E-state index in [1.807, 2.05) is 37.6 Å². The summed E-state index contributed by atoms with van der Waals surface area (Å²) in [5, 5.41) is 0. The average molecular weight is 322 g/mol. The third-order valence-corrected chi connectivity index (χ3v) is 3.95. The molecule has 1 amide bonds. The molecule has 0 saturated carbocycles. The maximum absolute atomic E-state index is 12.1. The van der Waals surface area contributed by atoms with Crippen LogP contribution in [0.1, 0.15) is 44.1 Å². The second-order valence-corrected chi connectivity index (χ2v) is 6.95. The summed E-state index contributed by atoms with van der Waals surface area (Å²) in [6, 6.07) is 3.61. The van der Waals surface area contributed by atoms with Crippen LogP contribution in [0.5, 0.6) is 0 Å². The summed E-state index contributed by atoms with van der Waals surface area (Å²) < 4.78 is 12.1. The van der Waals surface area contributed by atoms with Gasteiger partial charge in [0.05, 0.1) is 7.11 Å². The van der Waals surface area contributed by atoms with Crippen molar-refractivity contribution in [3.63, 3.8) is 0 Å². The predicted molar refractivity (Wildman–Crippen MR) is 86.3 cm³/mol. The minimum atomic E-state index is -0.464. The Balaban J connectivity index is 1.87. The Morgan fingerprint density at radius 1 is 1.26 bits per heavy atom. The van der Waals surface area contributed by atoms with E-state index in [1.165, 1.54) is 7.11 Å². The Morgan fingerprint density at radius 2 is 1.91 bits per heavy atom. The molecule has 128 valence electrons. The fourth-order valence-corrected chi connectivity index (χ4v) is 2.77. The van der Waals surface area contributed by atoms with Gasteiger partial charge in [0.25, 0.3) is 0 Å². The summed E-state index contributed by atoms with van der Waals surface area (Å²) >= 11 is 0. The van der Waals surface area contributed by atoms with Crippen LogP contribution in [-0.2, 0) is 16.0 Å². The van der Waals surface area contributed by atoms with Crippen LogP contribution >= 0.6 is 0 Å². The van der Waals surface area contributed by atoms with Crippen LogP contribution in [0.15, 0.2) is 18.3 Å². The molecule has 1 aromatic rings. The Bertz CT molecular complexity index is 551. The average Bonchev–Trinajstić information content (AvgIpc) is 2.93. The van der Waals surface area contributed by atoms with Gasteiger partial charge in [-0.05, 0) is 51.7 Å². The first kappa shape index (κ1) is 17.4. The van der Waals surface area contributed by atoms with Crippen LogP contribution in [0, 0.1) is 5.92 Å². The van der Waals surface area contributed by atoms with Crippen molar-refractivity contribution in [2.45, 2.75) is 45.8 Å². The standard InChI is InChI=1S/C17H26N2O4/c1-17(2,3)23-16(21)18-10-7-13(8-11-18)12-19-9-5-6-14(19)15(20)22-4/h5-6,9,13H,7-8,10-12H2,1-4H3. The fraction of sp³-hybridized carbons (Fsp3) is 0.647. The number of piperidine rings is 1. The first-order valence-electron chi connectivity index (χ1n) is 8.01. The number of amides is 1. The van der Waals surface area contributed by atoms with Crippen LogP contribution in [0.4, 0.5) is 4.79 Å². The number of likely N-dealkylation sites (tertiary alicyclic amines) is 1. The van der Waals surface area contributed by atoms with Gasteiger partial charge in [0.1, 0.15) is 11.3 Å². The molecule has 0 bridgehead atoms. The molecule has 2 rings (SSSR count). The van der Waals surface area contributed by atoms with Crippen LogP contribution in [-0.4, -0.2) is 47.3 Å². The molecule has 1 fully saturated rings.